The number of nitrogens with zero attached hydrogens (tertiary/aromatic N) is 2. The highest BCUT2D eigenvalue weighted by Crippen LogP contribution is 2.03. The summed E-state index contributed by atoms with van der Waals surface area (Å²) < 4.78 is 1.44. The molecule has 0 radical (unpaired) electrons. The molecule has 0 aliphatic heterocycles. The van der Waals surface area contributed by atoms with Gasteiger partial charge in [0, 0.05) is 23.9 Å². The SMILES string of the molecule is CC(C)n1cc(C(=O)/C=N/O)ccc1=O. The molecule has 0 spiro atoms. The summed E-state index contributed by atoms with van der Waals surface area (Å²) in [5.74, 6) is -0.438. The van der Waals surface area contributed by atoms with Crippen molar-refractivity contribution in [3.63, 3.8) is 0 Å². The molecule has 0 unspecified atom stereocenters. The van der Waals surface area contributed by atoms with Crippen molar-refractivity contribution in [3.8, 4) is 0 Å². The van der Waals surface area contributed by atoms with Crippen LogP contribution in [0.3, 0.4) is 0 Å². The largest absolute Gasteiger partial charge is 0.411 e. The van der Waals surface area contributed by atoms with Gasteiger partial charge in [-0.3, -0.25) is 9.59 Å². The van der Waals surface area contributed by atoms with Crippen molar-refractivity contribution in [1.82, 2.24) is 4.57 Å². The number of pyridine rings is 1. The molecule has 0 aliphatic carbocycles. The number of oxime groups is 1. The Morgan fingerprint density at radius 3 is 2.73 bits per heavy atom. The minimum absolute atomic E-state index is 0.0173. The third kappa shape index (κ3) is 2.52. The third-order valence-corrected chi connectivity index (χ3v) is 1.95. The highest BCUT2D eigenvalue weighted by Gasteiger charge is 2.07. The highest BCUT2D eigenvalue weighted by molar-refractivity contribution is 6.35. The van der Waals surface area contributed by atoms with Crippen LogP contribution in [-0.4, -0.2) is 21.8 Å². The fourth-order valence-corrected chi connectivity index (χ4v) is 1.18. The van der Waals surface area contributed by atoms with E-state index in [2.05, 4.69) is 5.16 Å². The van der Waals surface area contributed by atoms with Gasteiger partial charge in [-0.05, 0) is 19.9 Å². The van der Waals surface area contributed by atoms with E-state index in [1.807, 2.05) is 13.8 Å². The molecule has 0 atom stereocenters. The molecule has 1 heterocycles. The fraction of sp³-hybridized carbons (Fsp3) is 0.300. The Morgan fingerprint density at radius 2 is 2.20 bits per heavy atom. The first kappa shape index (κ1) is 11.2. The molecule has 0 saturated carbocycles. The Bertz CT molecular complexity index is 446. The van der Waals surface area contributed by atoms with Crippen LogP contribution in [0.1, 0.15) is 30.2 Å². The summed E-state index contributed by atoms with van der Waals surface area (Å²) >= 11 is 0. The molecule has 0 aliphatic rings. The Morgan fingerprint density at radius 1 is 1.53 bits per heavy atom. The summed E-state index contributed by atoms with van der Waals surface area (Å²) in [5.41, 5.74) is 0.156. The number of carbonyl (C=O) groups is 1. The number of carbonyl (C=O) groups excluding carboxylic acids is 1. The number of aromatic nitrogens is 1. The van der Waals surface area contributed by atoms with E-state index in [4.69, 9.17) is 5.21 Å². The number of ketones is 1. The van der Waals surface area contributed by atoms with Crippen LogP contribution in [0.15, 0.2) is 28.3 Å². The quantitative estimate of drug-likeness (QED) is 0.349. The van der Waals surface area contributed by atoms with E-state index in [0.29, 0.717) is 5.56 Å². The van der Waals surface area contributed by atoms with E-state index in [-0.39, 0.29) is 11.6 Å². The predicted molar refractivity (Wildman–Crippen MR) is 55.7 cm³/mol. The molecule has 15 heavy (non-hydrogen) atoms. The minimum Gasteiger partial charge on any atom is -0.411 e. The lowest BCUT2D eigenvalue weighted by Crippen LogP contribution is -2.21. The van der Waals surface area contributed by atoms with Crippen molar-refractivity contribution in [1.29, 1.82) is 0 Å². The van der Waals surface area contributed by atoms with E-state index in [1.54, 1.807) is 0 Å². The van der Waals surface area contributed by atoms with Crippen LogP contribution in [0, 0.1) is 0 Å². The topological polar surface area (TPSA) is 71.7 Å². The number of Topliss-reactive ketones (excluding diaryl/α,β-unsaturated/α-hetero) is 1. The van der Waals surface area contributed by atoms with Gasteiger partial charge in [-0.1, -0.05) is 5.16 Å². The van der Waals surface area contributed by atoms with Crippen molar-refractivity contribution in [2.24, 2.45) is 5.16 Å². The van der Waals surface area contributed by atoms with Crippen LogP contribution >= 0.6 is 0 Å². The lowest BCUT2D eigenvalue weighted by molar-refractivity contribution is 0.106. The second-order valence-electron chi connectivity index (χ2n) is 3.37. The summed E-state index contributed by atoms with van der Waals surface area (Å²) in [4.78, 5) is 22.7. The first-order chi connectivity index (χ1) is 7.06. The monoisotopic (exact) mass is 208 g/mol. The van der Waals surface area contributed by atoms with E-state index < -0.39 is 5.78 Å². The van der Waals surface area contributed by atoms with Crippen LogP contribution < -0.4 is 5.56 Å². The molecule has 1 aromatic rings. The number of hydrogen-bond acceptors (Lipinski definition) is 4. The lowest BCUT2D eigenvalue weighted by Gasteiger charge is -2.09. The Balaban J connectivity index is 3.19. The van der Waals surface area contributed by atoms with Crippen molar-refractivity contribution in [2.45, 2.75) is 19.9 Å². The van der Waals surface area contributed by atoms with Gasteiger partial charge in [-0.15, -0.1) is 0 Å². The van der Waals surface area contributed by atoms with Gasteiger partial charge in [0.1, 0.15) is 6.21 Å². The van der Waals surface area contributed by atoms with Crippen molar-refractivity contribution in [3.05, 3.63) is 34.2 Å². The van der Waals surface area contributed by atoms with Gasteiger partial charge in [-0.2, -0.15) is 0 Å². The van der Waals surface area contributed by atoms with Gasteiger partial charge >= 0.3 is 0 Å². The van der Waals surface area contributed by atoms with Crippen LogP contribution in [0.5, 0.6) is 0 Å². The summed E-state index contributed by atoms with van der Waals surface area (Å²) in [7, 11) is 0. The van der Waals surface area contributed by atoms with Gasteiger partial charge in [-0.25, -0.2) is 0 Å². The third-order valence-electron chi connectivity index (χ3n) is 1.95. The lowest BCUT2D eigenvalue weighted by atomic mass is 10.2. The van der Waals surface area contributed by atoms with Gasteiger partial charge < -0.3 is 9.77 Å². The van der Waals surface area contributed by atoms with Gasteiger partial charge in [0.05, 0.1) is 0 Å². The molecule has 0 aromatic carbocycles. The second kappa shape index (κ2) is 4.54. The molecule has 1 rings (SSSR count). The van der Waals surface area contributed by atoms with Crippen LogP contribution in [0.4, 0.5) is 0 Å². The molecule has 1 aromatic heterocycles. The molecular weight excluding hydrogens is 196 g/mol. The zero-order chi connectivity index (χ0) is 11.4. The summed E-state index contributed by atoms with van der Waals surface area (Å²) in [6.45, 7) is 3.69. The summed E-state index contributed by atoms with van der Waals surface area (Å²) in [5, 5.41) is 10.9. The molecule has 1 N–H and O–H groups in total. The first-order valence-corrected chi connectivity index (χ1v) is 4.50. The van der Waals surface area contributed by atoms with E-state index in [0.717, 1.165) is 6.21 Å². The van der Waals surface area contributed by atoms with Crippen LogP contribution in [-0.2, 0) is 0 Å². The zero-order valence-electron chi connectivity index (χ0n) is 8.54. The maximum Gasteiger partial charge on any atom is 0.250 e. The van der Waals surface area contributed by atoms with Crippen LogP contribution in [0.2, 0.25) is 0 Å². The first-order valence-electron chi connectivity index (χ1n) is 4.50. The van der Waals surface area contributed by atoms with E-state index in [9.17, 15) is 9.59 Å². The molecule has 5 heteroatoms. The van der Waals surface area contributed by atoms with E-state index >= 15 is 0 Å². The molecule has 80 valence electrons. The average Bonchev–Trinajstić information content (AvgIpc) is 2.18. The predicted octanol–water partition coefficient (Wildman–Crippen LogP) is 1.07. The fourth-order valence-electron chi connectivity index (χ4n) is 1.18. The molecule has 0 saturated heterocycles. The summed E-state index contributed by atoms with van der Waals surface area (Å²) in [6, 6.07) is 2.71. The standard InChI is InChI=1S/C10H12N2O3/c1-7(2)12-6-8(3-4-10(12)14)9(13)5-11-15/h3-7,15H,1-2H3/b11-5+. The van der Waals surface area contributed by atoms with Crippen LogP contribution in [0.25, 0.3) is 0 Å². The normalized spacial score (nSPS) is 11.1. The highest BCUT2D eigenvalue weighted by atomic mass is 16.4. The molecular formula is C10H12N2O3. The zero-order valence-corrected chi connectivity index (χ0v) is 8.54. The second-order valence-corrected chi connectivity index (χ2v) is 3.37. The molecule has 0 fully saturated rings. The van der Waals surface area contributed by atoms with Gasteiger partial charge in [0.15, 0.2) is 0 Å². The van der Waals surface area contributed by atoms with Gasteiger partial charge in [0.2, 0.25) is 5.78 Å². The summed E-state index contributed by atoms with van der Waals surface area (Å²) in [6.07, 6.45) is 2.25. The number of hydrogen-bond donors (Lipinski definition) is 1. The Kier molecular flexibility index (Phi) is 3.38. The molecule has 0 amide bonds. The van der Waals surface area contributed by atoms with Gasteiger partial charge in [0.25, 0.3) is 5.56 Å². The average molecular weight is 208 g/mol. The minimum atomic E-state index is -0.438. The Labute approximate surface area is 86.7 Å². The van der Waals surface area contributed by atoms with Crippen molar-refractivity contribution in [2.75, 3.05) is 0 Å². The Hall–Kier alpha value is -1.91. The smallest absolute Gasteiger partial charge is 0.250 e. The maximum atomic E-state index is 11.4. The van der Waals surface area contributed by atoms with Crippen molar-refractivity contribution >= 4 is 12.0 Å². The maximum absolute atomic E-state index is 11.4. The van der Waals surface area contributed by atoms with Crippen molar-refractivity contribution < 1.29 is 10.0 Å². The van der Waals surface area contributed by atoms with E-state index in [1.165, 1.54) is 22.9 Å². The molecule has 0 bridgehead atoms. The number of rotatable bonds is 3. The molecule has 5 nitrogen and oxygen atoms in total.